The number of oxime groups is 1. The average Bonchev–Trinajstić information content (AvgIpc) is 3.20. The van der Waals surface area contributed by atoms with Crippen molar-refractivity contribution in [2.75, 3.05) is 19.8 Å². The monoisotopic (exact) mass is 425 g/mol. The molecule has 2 rings (SSSR count). The fraction of sp³-hybridized carbons (Fsp3) is 0.550. The topological polar surface area (TPSA) is 126 Å². The number of carbonyl (C=O) groups excluding carboxylic acids is 2. The van der Waals surface area contributed by atoms with Crippen molar-refractivity contribution in [3.63, 3.8) is 0 Å². The van der Waals surface area contributed by atoms with Crippen LogP contribution in [0, 0.1) is 0 Å². The Balaban J connectivity index is 1.67. The highest BCUT2D eigenvalue weighted by Crippen LogP contribution is 2.18. The first-order valence-electron chi connectivity index (χ1n) is 9.50. The van der Waals surface area contributed by atoms with Crippen LogP contribution in [-0.2, 0) is 40.0 Å². The van der Waals surface area contributed by atoms with Crippen LogP contribution in [0.1, 0.15) is 26.0 Å². The van der Waals surface area contributed by atoms with E-state index >= 15 is 0 Å². The predicted octanol–water partition coefficient (Wildman–Crippen LogP) is 1.37. The molecule has 0 radical (unpaired) electrons. The standard InChI is InChI=1S/C20H27NO9/c1-14(22)27-13-20-19(29-15(2)23)6-5-17(30-20)7-8-21-28-11-16(24)10-25-12-18-4-3-9-26-18/h3-6,8-9,16-17,19-20,24H,7,10-13H2,1-2H3/b21-8-/t16-,17-,19-,20-/m0/s1. The molecule has 1 N–H and O–H groups in total. The molecule has 10 nitrogen and oxygen atoms in total. The van der Waals surface area contributed by atoms with Gasteiger partial charge < -0.3 is 33.3 Å². The number of rotatable bonds is 12. The summed E-state index contributed by atoms with van der Waals surface area (Å²) < 4.78 is 26.4. The van der Waals surface area contributed by atoms with Gasteiger partial charge in [0.2, 0.25) is 0 Å². The first kappa shape index (κ1) is 23.6. The Hall–Kier alpha value is -2.69. The lowest BCUT2D eigenvalue weighted by Gasteiger charge is -2.30. The van der Waals surface area contributed by atoms with Crippen LogP contribution in [0.2, 0.25) is 0 Å². The van der Waals surface area contributed by atoms with Gasteiger partial charge in [-0.25, -0.2) is 0 Å². The second-order valence-electron chi connectivity index (χ2n) is 6.54. The zero-order valence-corrected chi connectivity index (χ0v) is 17.0. The molecule has 0 aliphatic carbocycles. The van der Waals surface area contributed by atoms with Crippen molar-refractivity contribution >= 4 is 18.2 Å². The fourth-order valence-corrected chi connectivity index (χ4v) is 2.55. The van der Waals surface area contributed by atoms with Crippen molar-refractivity contribution < 1.29 is 42.9 Å². The molecule has 1 aromatic heterocycles. The molecule has 0 amide bonds. The van der Waals surface area contributed by atoms with Gasteiger partial charge in [-0.3, -0.25) is 9.59 Å². The first-order valence-corrected chi connectivity index (χ1v) is 9.50. The number of nitrogens with zero attached hydrogens (tertiary/aromatic N) is 1. The lowest BCUT2D eigenvalue weighted by atomic mass is 10.1. The smallest absolute Gasteiger partial charge is 0.303 e. The van der Waals surface area contributed by atoms with E-state index in [2.05, 4.69) is 5.16 Å². The third-order valence-corrected chi connectivity index (χ3v) is 3.87. The van der Waals surface area contributed by atoms with Gasteiger partial charge in [-0.1, -0.05) is 11.2 Å². The summed E-state index contributed by atoms with van der Waals surface area (Å²) in [4.78, 5) is 27.3. The summed E-state index contributed by atoms with van der Waals surface area (Å²) in [7, 11) is 0. The minimum atomic E-state index is -0.833. The van der Waals surface area contributed by atoms with E-state index in [0.717, 1.165) is 0 Å². The van der Waals surface area contributed by atoms with Gasteiger partial charge in [0, 0.05) is 26.5 Å². The van der Waals surface area contributed by atoms with Crippen molar-refractivity contribution in [3.8, 4) is 0 Å². The quantitative estimate of drug-likeness (QED) is 0.229. The molecule has 10 heteroatoms. The molecule has 1 aliphatic heterocycles. The number of ether oxygens (including phenoxy) is 4. The third-order valence-electron chi connectivity index (χ3n) is 3.87. The van der Waals surface area contributed by atoms with Crippen molar-refractivity contribution in [1.29, 1.82) is 0 Å². The fourth-order valence-electron chi connectivity index (χ4n) is 2.55. The largest absolute Gasteiger partial charge is 0.467 e. The molecule has 4 atom stereocenters. The number of aliphatic hydroxyl groups is 1. The molecule has 0 fully saturated rings. The summed E-state index contributed by atoms with van der Waals surface area (Å²) in [5.74, 6) is -0.237. The van der Waals surface area contributed by atoms with Gasteiger partial charge in [0.25, 0.3) is 0 Å². The van der Waals surface area contributed by atoms with E-state index in [1.165, 1.54) is 20.1 Å². The Bertz CT molecular complexity index is 701. The second kappa shape index (κ2) is 12.8. The molecule has 166 valence electrons. The number of aliphatic hydroxyl groups excluding tert-OH is 1. The van der Waals surface area contributed by atoms with E-state index in [1.807, 2.05) is 0 Å². The normalized spacial score (nSPS) is 22.0. The van der Waals surface area contributed by atoms with Gasteiger partial charge in [0.05, 0.1) is 19.0 Å². The van der Waals surface area contributed by atoms with Crippen molar-refractivity contribution in [2.24, 2.45) is 5.16 Å². The van der Waals surface area contributed by atoms with Gasteiger partial charge in [-0.05, 0) is 18.2 Å². The summed E-state index contributed by atoms with van der Waals surface area (Å²) in [5, 5.41) is 13.6. The number of hydrogen-bond donors (Lipinski definition) is 1. The van der Waals surface area contributed by atoms with E-state index in [9.17, 15) is 14.7 Å². The lowest BCUT2D eigenvalue weighted by molar-refractivity contribution is -0.163. The second-order valence-corrected chi connectivity index (χ2v) is 6.54. The Morgan fingerprint density at radius 3 is 2.80 bits per heavy atom. The molecule has 1 aliphatic rings. The summed E-state index contributed by atoms with van der Waals surface area (Å²) in [6, 6.07) is 3.54. The number of carbonyl (C=O) groups is 2. The van der Waals surface area contributed by atoms with Crippen LogP contribution in [0.25, 0.3) is 0 Å². The van der Waals surface area contributed by atoms with Gasteiger partial charge in [0.15, 0.2) is 0 Å². The lowest BCUT2D eigenvalue weighted by Crippen LogP contribution is -2.41. The molecule has 0 saturated carbocycles. The van der Waals surface area contributed by atoms with Crippen molar-refractivity contribution in [2.45, 2.75) is 51.3 Å². The first-order chi connectivity index (χ1) is 14.4. The predicted molar refractivity (Wildman–Crippen MR) is 103 cm³/mol. The van der Waals surface area contributed by atoms with E-state index in [1.54, 1.807) is 30.5 Å². The van der Waals surface area contributed by atoms with Crippen LogP contribution in [0.15, 0.2) is 40.1 Å². The van der Waals surface area contributed by atoms with E-state index < -0.39 is 30.3 Å². The minimum absolute atomic E-state index is 0.0282. The highest BCUT2D eigenvalue weighted by atomic mass is 16.6. The van der Waals surface area contributed by atoms with Gasteiger partial charge in [-0.2, -0.15) is 0 Å². The highest BCUT2D eigenvalue weighted by Gasteiger charge is 2.30. The van der Waals surface area contributed by atoms with E-state index in [4.69, 9.17) is 28.2 Å². The summed E-state index contributed by atoms with van der Waals surface area (Å²) >= 11 is 0. The summed E-state index contributed by atoms with van der Waals surface area (Å²) in [6.07, 6.45) is 4.42. The molecule has 1 aromatic rings. The molecule has 0 bridgehead atoms. The number of furan rings is 1. The Morgan fingerprint density at radius 2 is 2.10 bits per heavy atom. The average molecular weight is 425 g/mol. The van der Waals surface area contributed by atoms with E-state index in [-0.39, 0.29) is 32.5 Å². The third kappa shape index (κ3) is 9.21. The van der Waals surface area contributed by atoms with Crippen LogP contribution in [-0.4, -0.2) is 67.5 Å². The maximum Gasteiger partial charge on any atom is 0.303 e. The maximum atomic E-state index is 11.2. The van der Waals surface area contributed by atoms with Gasteiger partial charge in [-0.15, -0.1) is 0 Å². The van der Waals surface area contributed by atoms with Gasteiger partial charge >= 0.3 is 11.9 Å². The van der Waals surface area contributed by atoms with Crippen LogP contribution in [0.3, 0.4) is 0 Å². The van der Waals surface area contributed by atoms with Crippen LogP contribution in [0.4, 0.5) is 0 Å². The summed E-state index contributed by atoms with van der Waals surface area (Å²) in [5.41, 5.74) is 0. The van der Waals surface area contributed by atoms with Crippen LogP contribution in [0.5, 0.6) is 0 Å². The Kier molecular flexibility index (Phi) is 10.1. The molecule has 0 saturated heterocycles. The molecule has 0 aromatic carbocycles. The van der Waals surface area contributed by atoms with E-state index in [0.29, 0.717) is 12.2 Å². The zero-order chi connectivity index (χ0) is 21.8. The van der Waals surface area contributed by atoms with Crippen molar-refractivity contribution in [3.05, 3.63) is 36.3 Å². The molecule has 2 heterocycles. The highest BCUT2D eigenvalue weighted by molar-refractivity contribution is 5.67. The minimum Gasteiger partial charge on any atom is -0.467 e. The van der Waals surface area contributed by atoms with Gasteiger partial charge in [0.1, 0.15) is 43.9 Å². The molecular formula is C20H27NO9. The van der Waals surface area contributed by atoms with Crippen LogP contribution >= 0.6 is 0 Å². The van der Waals surface area contributed by atoms with Crippen LogP contribution < -0.4 is 0 Å². The maximum absolute atomic E-state index is 11.2. The SMILES string of the molecule is CC(=O)OC[C@@H]1O[C@H](C/C=N\OC[C@@H](O)COCc2ccco2)C=C[C@@H]1OC(C)=O. The van der Waals surface area contributed by atoms with Crippen molar-refractivity contribution in [1.82, 2.24) is 0 Å². The molecule has 30 heavy (non-hydrogen) atoms. The molecule has 0 unspecified atom stereocenters. The Labute approximate surface area is 174 Å². The number of hydrogen-bond acceptors (Lipinski definition) is 10. The molecule has 0 spiro atoms. The zero-order valence-electron chi connectivity index (χ0n) is 17.0. The summed E-state index contributed by atoms with van der Waals surface area (Å²) in [6.45, 7) is 2.87. The number of esters is 2. The Morgan fingerprint density at radius 1 is 1.27 bits per heavy atom. The molecular weight excluding hydrogens is 398 g/mol.